The van der Waals surface area contributed by atoms with Gasteiger partial charge in [0, 0.05) is 0 Å². The Hall–Kier alpha value is -1.79. The maximum absolute atomic E-state index is 10.7. The van der Waals surface area contributed by atoms with E-state index in [0.717, 1.165) is 5.56 Å². The van der Waals surface area contributed by atoms with Gasteiger partial charge in [0.25, 0.3) is 0 Å². The summed E-state index contributed by atoms with van der Waals surface area (Å²) in [6, 6.07) is 6.95. The summed E-state index contributed by atoms with van der Waals surface area (Å²) in [6.45, 7) is 0.130. The first kappa shape index (κ1) is 11.3. The standard InChI is InChI=1S/C9H12N2O4/c1-14-9(12)11-10-8-4-2-7(3-5-8)6-15-13/h2-5,10,13H,6H2,1H3,(H,11,12). The molecule has 0 spiro atoms. The molecule has 0 saturated heterocycles. The summed E-state index contributed by atoms with van der Waals surface area (Å²) in [7, 11) is 1.28. The largest absolute Gasteiger partial charge is 0.452 e. The maximum Gasteiger partial charge on any atom is 0.425 e. The summed E-state index contributed by atoms with van der Waals surface area (Å²) in [4.78, 5) is 14.7. The fraction of sp³-hybridized carbons (Fsp3) is 0.222. The number of benzene rings is 1. The second-order valence-corrected chi connectivity index (χ2v) is 2.71. The molecular formula is C9H12N2O4. The number of amides is 1. The maximum atomic E-state index is 10.7. The van der Waals surface area contributed by atoms with Crippen LogP contribution in [-0.2, 0) is 16.2 Å². The predicted octanol–water partition coefficient (Wildman–Crippen LogP) is 1.36. The molecule has 1 rings (SSSR count). The fourth-order valence-electron chi connectivity index (χ4n) is 0.933. The number of anilines is 1. The molecule has 0 aliphatic carbocycles. The van der Waals surface area contributed by atoms with Gasteiger partial charge >= 0.3 is 6.09 Å². The number of carbonyl (C=O) groups is 1. The molecule has 1 aromatic carbocycles. The summed E-state index contributed by atoms with van der Waals surface area (Å²) >= 11 is 0. The van der Waals surface area contributed by atoms with E-state index in [1.807, 2.05) is 0 Å². The van der Waals surface area contributed by atoms with Gasteiger partial charge < -0.3 is 4.74 Å². The lowest BCUT2D eigenvalue weighted by atomic mass is 10.2. The van der Waals surface area contributed by atoms with E-state index in [9.17, 15) is 4.79 Å². The third kappa shape index (κ3) is 3.84. The number of rotatable bonds is 4. The summed E-state index contributed by atoms with van der Waals surface area (Å²) in [5.74, 6) is 0. The van der Waals surface area contributed by atoms with Crippen LogP contribution in [0, 0.1) is 0 Å². The van der Waals surface area contributed by atoms with Crippen molar-refractivity contribution in [3.8, 4) is 0 Å². The third-order valence-corrected chi connectivity index (χ3v) is 1.68. The molecule has 0 aromatic heterocycles. The minimum atomic E-state index is -0.572. The van der Waals surface area contributed by atoms with E-state index in [2.05, 4.69) is 20.5 Å². The second kappa shape index (κ2) is 5.84. The first-order valence-electron chi connectivity index (χ1n) is 4.21. The molecule has 0 aliphatic heterocycles. The van der Waals surface area contributed by atoms with Gasteiger partial charge in [-0.2, -0.15) is 0 Å². The van der Waals surface area contributed by atoms with Crippen LogP contribution in [0.3, 0.4) is 0 Å². The monoisotopic (exact) mass is 212 g/mol. The zero-order valence-electron chi connectivity index (χ0n) is 8.19. The van der Waals surface area contributed by atoms with Crippen LogP contribution < -0.4 is 10.9 Å². The normalized spacial score (nSPS) is 9.47. The van der Waals surface area contributed by atoms with E-state index in [1.54, 1.807) is 24.3 Å². The van der Waals surface area contributed by atoms with Crippen molar-refractivity contribution >= 4 is 11.8 Å². The Morgan fingerprint density at radius 2 is 2.07 bits per heavy atom. The highest BCUT2D eigenvalue weighted by Crippen LogP contribution is 2.08. The van der Waals surface area contributed by atoms with E-state index in [-0.39, 0.29) is 6.61 Å². The molecule has 6 nitrogen and oxygen atoms in total. The molecule has 1 aromatic rings. The molecule has 0 unspecified atom stereocenters. The number of nitrogens with one attached hydrogen (secondary N) is 2. The van der Waals surface area contributed by atoms with Gasteiger partial charge in [0.05, 0.1) is 12.8 Å². The van der Waals surface area contributed by atoms with Gasteiger partial charge in [-0.1, -0.05) is 12.1 Å². The van der Waals surface area contributed by atoms with Gasteiger partial charge in [0.1, 0.15) is 6.61 Å². The van der Waals surface area contributed by atoms with Crippen molar-refractivity contribution in [1.82, 2.24) is 5.43 Å². The van der Waals surface area contributed by atoms with Gasteiger partial charge in [-0.3, -0.25) is 10.7 Å². The zero-order valence-corrected chi connectivity index (χ0v) is 8.19. The predicted molar refractivity (Wildman–Crippen MR) is 53.0 cm³/mol. The van der Waals surface area contributed by atoms with Gasteiger partial charge in [0.2, 0.25) is 0 Å². The number of methoxy groups -OCH3 is 1. The topological polar surface area (TPSA) is 79.8 Å². The van der Waals surface area contributed by atoms with Crippen LogP contribution in [0.1, 0.15) is 5.56 Å². The molecule has 1 amide bonds. The average molecular weight is 212 g/mol. The van der Waals surface area contributed by atoms with Crippen molar-refractivity contribution in [3.05, 3.63) is 29.8 Å². The van der Waals surface area contributed by atoms with E-state index in [0.29, 0.717) is 5.69 Å². The van der Waals surface area contributed by atoms with E-state index >= 15 is 0 Å². The van der Waals surface area contributed by atoms with Crippen molar-refractivity contribution < 1.29 is 19.7 Å². The lowest BCUT2D eigenvalue weighted by Gasteiger charge is -2.07. The molecule has 0 saturated carbocycles. The molecule has 82 valence electrons. The Morgan fingerprint density at radius 1 is 1.40 bits per heavy atom. The van der Waals surface area contributed by atoms with Crippen LogP contribution in [0.15, 0.2) is 24.3 Å². The van der Waals surface area contributed by atoms with Crippen LogP contribution in [0.25, 0.3) is 0 Å². The van der Waals surface area contributed by atoms with Crippen LogP contribution in [0.5, 0.6) is 0 Å². The quantitative estimate of drug-likeness (QED) is 0.518. The molecule has 6 heteroatoms. The van der Waals surface area contributed by atoms with E-state index < -0.39 is 6.09 Å². The van der Waals surface area contributed by atoms with Crippen LogP contribution in [0.4, 0.5) is 10.5 Å². The third-order valence-electron chi connectivity index (χ3n) is 1.68. The van der Waals surface area contributed by atoms with Crippen molar-refractivity contribution in [1.29, 1.82) is 0 Å². The summed E-state index contributed by atoms with van der Waals surface area (Å²) in [6.07, 6.45) is -0.572. The van der Waals surface area contributed by atoms with Crippen molar-refractivity contribution in [3.63, 3.8) is 0 Å². The Morgan fingerprint density at radius 3 is 2.60 bits per heavy atom. The van der Waals surface area contributed by atoms with E-state index in [1.165, 1.54) is 7.11 Å². The molecular weight excluding hydrogens is 200 g/mol. The number of hydrogen-bond donors (Lipinski definition) is 3. The summed E-state index contributed by atoms with van der Waals surface area (Å²) < 4.78 is 4.37. The second-order valence-electron chi connectivity index (χ2n) is 2.71. The van der Waals surface area contributed by atoms with Crippen molar-refractivity contribution in [2.24, 2.45) is 0 Å². The number of hydrogen-bond acceptors (Lipinski definition) is 5. The van der Waals surface area contributed by atoms with Gasteiger partial charge in [0.15, 0.2) is 0 Å². The SMILES string of the molecule is COC(=O)NNc1ccc(COO)cc1. The number of ether oxygens (including phenoxy) is 1. The summed E-state index contributed by atoms with van der Waals surface area (Å²) in [5.41, 5.74) is 6.46. The smallest absolute Gasteiger partial charge is 0.425 e. The lowest BCUT2D eigenvalue weighted by Crippen LogP contribution is -2.28. The van der Waals surface area contributed by atoms with Crippen LogP contribution in [0.2, 0.25) is 0 Å². The van der Waals surface area contributed by atoms with Gasteiger partial charge in [-0.15, -0.1) is 0 Å². The number of hydrazine groups is 1. The Bertz CT molecular complexity index is 312. The first-order valence-corrected chi connectivity index (χ1v) is 4.21. The van der Waals surface area contributed by atoms with Crippen LogP contribution in [-0.4, -0.2) is 18.5 Å². The molecule has 0 fully saturated rings. The lowest BCUT2D eigenvalue weighted by molar-refractivity contribution is -0.253. The Kier molecular flexibility index (Phi) is 4.39. The van der Waals surface area contributed by atoms with Gasteiger partial charge in [-0.25, -0.2) is 15.1 Å². The van der Waals surface area contributed by atoms with Crippen molar-refractivity contribution in [2.75, 3.05) is 12.5 Å². The molecule has 0 aliphatic rings. The molecule has 3 N–H and O–H groups in total. The highest BCUT2D eigenvalue weighted by molar-refractivity contribution is 5.69. The Labute approximate surface area is 86.7 Å². The minimum Gasteiger partial charge on any atom is -0.452 e. The van der Waals surface area contributed by atoms with Crippen LogP contribution >= 0.6 is 0 Å². The fourth-order valence-corrected chi connectivity index (χ4v) is 0.933. The van der Waals surface area contributed by atoms with Crippen molar-refractivity contribution in [2.45, 2.75) is 6.61 Å². The molecule has 15 heavy (non-hydrogen) atoms. The van der Waals surface area contributed by atoms with Gasteiger partial charge in [-0.05, 0) is 17.7 Å². The highest BCUT2D eigenvalue weighted by Gasteiger charge is 1.97. The minimum absolute atomic E-state index is 0.130. The number of carbonyl (C=O) groups excluding carboxylic acids is 1. The zero-order chi connectivity index (χ0) is 11.1. The summed E-state index contributed by atoms with van der Waals surface area (Å²) in [5, 5.41) is 8.21. The highest BCUT2D eigenvalue weighted by atomic mass is 17.1. The molecule has 0 bridgehead atoms. The molecule has 0 atom stereocenters. The first-order chi connectivity index (χ1) is 7.26. The van der Waals surface area contributed by atoms with E-state index in [4.69, 9.17) is 5.26 Å². The molecule has 0 radical (unpaired) electrons. The molecule has 0 heterocycles. The Balaban J connectivity index is 2.45. The average Bonchev–Trinajstić information content (AvgIpc) is 2.28.